The van der Waals surface area contributed by atoms with Gasteiger partial charge in [-0.1, -0.05) is 12.1 Å². The lowest BCUT2D eigenvalue weighted by Gasteiger charge is -2.12. The Kier molecular flexibility index (Phi) is 3.31. The number of imidazole rings is 1. The van der Waals surface area contributed by atoms with Crippen LogP contribution in [0.4, 0.5) is 11.4 Å². The van der Waals surface area contributed by atoms with Crippen molar-refractivity contribution in [3.63, 3.8) is 0 Å². The number of rotatable bonds is 3. The van der Waals surface area contributed by atoms with Crippen molar-refractivity contribution in [2.75, 3.05) is 24.3 Å². The summed E-state index contributed by atoms with van der Waals surface area (Å²) in [6.07, 6.45) is 0. The zero-order valence-corrected chi connectivity index (χ0v) is 11.9. The molecule has 0 aliphatic heterocycles. The number of hydrogen-bond donors (Lipinski definition) is 2. The van der Waals surface area contributed by atoms with E-state index >= 15 is 0 Å². The molecular formula is C16H16N4O. The number of para-hydroxylation sites is 2. The third-order valence-corrected chi connectivity index (χ3v) is 3.25. The van der Waals surface area contributed by atoms with Crippen LogP contribution in [0.3, 0.4) is 0 Å². The maximum atomic E-state index is 12.2. The number of H-pyrrole nitrogens is 1. The van der Waals surface area contributed by atoms with Gasteiger partial charge >= 0.3 is 0 Å². The van der Waals surface area contributed by atoms with Crippen LogP contribution in [-0.4, -0.2) is 30.0 Å². The van der Waals surface area contributed by atoms with Crippen LogP contribution in [0.2, 0.25) is 0 Å². The average molecular weight is 280 g/mol. The van der Waals surface area contributed by atoms with E-state index in [1.54, 1.807) is 0 Å². The molecule has 3 rings (SSSR count). The van der Waals surface area contributed by atoms with Crippen molar-refractivity contribution in [2.45, 2.75) is 0 Å². The lowest BCUT2D eigenvalue weighted by molar-refractivity contribution is 0.101. The molecule has 2 N–H and O–H groups in total. The minimum Gasteiger partial charge on any atom is -0.378 e. The summed E-state index contributed by atoms with van der Waals surface area (Å²) in [4.78, 5) is 21.5. The smallest absolute Gasteiger partial charge is 0.291 e. The summed E-state index contributed by atoms with van der Waals surface area (Å²) in [6, 6.07) is 15.2. The molecule has 0 atom stereocenters. The number of anilines is 2. The molecule has 106 valence electrons. The summed E-state index contributed by atoms with van der Waals surface area (Å²) in [6.45, 7) is 0. The van der Waals surface area contributed by atoms with Gasteiger partial charge in [0.1, 0.15) is 0 Å². The summed E-state index contributed by atoms with van der Waals surface area (Å²) < 4.78 is 0. The monoisotopic (exact) mass is 280 g/mol. The number of aromatic amines is 1. The van der Waals surface area contributed by atoms with Gasteiger partial charge in [0.2, 0.25) is 0 Å². The van der Waals surface area contributed by atoms with Gasteiger partial charge in [-0.3, -0.25) is 4.79 Å². The molecule has 5 nitrogen and oxygen atoms in total. The first-order valence-electron chi connectivity index (χ1n) is 6.67. The van der Waals surface area contributed by atoms with Crippen molar-refractivity contribution in [3.05, 3.63) is 54.4 Å². The molecule has 21 heavy (non-hydrogen) atoms. The van der Waals surface area contributed by atoms with E-state index in [2.05, 4.69) is 15.3 Å². The molecule has 0 bridgehead atoms. The maximum absolute atomic E-state index is 12.2. The molecule has 5 heteroatoms. The molecule has 1 amide bonds. The normalized spacial score (nSPS) is 10.6. The van der Waals surface area contributed by atoms with Crippen LogP contribution in [0.5, 0.6) is 0 Å². The quantitative estimate of drug-likeness (QED) is 0.775. The molecule has 0 fully saturated rings. The minimum absolute atomic E-state index is 0.246. The van der Waals surface area contributed by atoms with Gasteiger partial charge in [0.25, 0.3) is 5.91 Å². The summed E-state index contributed by atoms with van der Waals surface area (Å²) >= 11 is 0. The number of aromatic nitrogens is 2. The molecule has 1 heterocycles. The van der Waals surface area contributed by atoms with Crippen LogP contribution in [0.25, 0.3) is 11.0 Å². The molecule has 0 saturated heterocycles. The number of nitrogens with zero attached hydrogens (tertiary/aromatic N) is 2. The summed E-state index contributed by atoms with van der Waals surface area (Å²) in [5, 5.41) is 2.83. The molecule has 2 aromatic carbocycles. The van der Waals surface area contributed by atoms with Crippen molar-refractivity contribution in [3.8, 4) is 0 Å². The third kappa shape index (κ3) is 2.72. The van der Waals surface area contributed by atoms with Gasteiger partial charge in [-0.15, -0.1) is 0 Å². The van der Waals surface area contributed by atoms with E-state index in [1.807, 2.05) is 67.5 Å². The molecule has 0 aliphatic carbocycles. The number of nitrogens with one attached hydrogen (secondary N) is 2. The van der Waals surface area contributed by atoms with Gasteiger partial charge < -0.3 is 15.2 Å². The molecule has 0 unspecified atom stereocenters. The fourth-order valence-corrected chi connectivity index (χ4v) is 2.09. The number of hydrogen-bond acceptors (Lipinski definition) is 3. The Balaban J connectivity index is 1.79. The molecular weight excluding hydrogens is 264 g/mol. The largest absolute Gasteiger partial charge is 0.378 e. The van der Waals surface area contributed by atoms with Crippen LogP contribution in [-0.2, 0) is 0 Å². The summed E-state index contributed by atoms with van der Waals surface area (Å²) in [7, 11) is 3.95. The Morgan fingerprint density at radius 1 is 1.10 bits per heavy atom. The predicted molar refractivity (Wildman–Crippen MR) is 84.8 cm³/mol. The molecule has 0 radical (unpaired) electrons. The SMILES string of the molecule is CN(C)c1ccc(NC(=O)c2nc3ccccc3[nH]2)cc1. The van der Waals surface area contributed by atoms with Crippen LogP contribution in [0.1, 0.15) is 10.6 Å². The molecule has 0 aliphatic rings. The van der Waals surface area contributed by atoms with E-state index in [-0.39, 0.29) is 5.91 Å². The fourth-order valence-electron chi connectivity index (χ4n) is 2.09. The second-order valence-corrected chi connectivity index (χ2v) is 5.00. The van der Waals surface area contributed by atoms with Crippen molar-refractivity contribution in [2.24, 2.45) is 0 Å². The third-order valence-electron chi connectivity index (χ3n) is 3.25. The van der Waals surface area contributed by atoms with Gasteiger partial charge in [-0.05, 0) is 36.4 Å². The van der Waals surface area contributed by atoms with Crippen molar-refractivity contribution in [1.29, 1.82) is 0 Å². The second kappa shape index (κ2) is 5.28. The van der Waals surface area contributed by atoms with Crippen LogP contribution >= 0.6 is 0 Å². The second-order valence-electron chi connectivity index (χ2n) is 5.00. The topological polar surface area (TPSA) is 61.0 Å². The van der Waals surface area contributed by atoms with E-state index in [0.29, 0.717) is 5.82 Å². The Hall–Kier alpha value is -2.82. The Morgan fingerprint density at radius 3 is 2.48 bits per heavy atom. The van der Waals surface area contributed by atoms with Crippen molar-refractivity contribution < 1.29 is 4.79 Å². The Bertz CT molecular complexity index is 741. The highest BCUT2D eigenvalue weighted by Crippen LogP contribution is 2.17. The average Bonchev–Trinajstić information content (AvgIpc) is 2.92. The van der Waals surface area contributed by atoms with Crippen molar-refractivity contribution in [1.82, 2.24) is 9.97 Å². The summed E-state index contributed by atoms with van der Waals surface area (Å²) in [5.41, 5.74) is 3.46. The van der Waals surface area contributed by atoms with Gasteiger partial charge in [0, 0.05) is 25.5 Å². The number of amides is 1. The first kappa shape index (κ1) is 13.2. The predicted octanol–water partition coefficient (Wildman–Crippen LogP) is 2.88. The zero-order chi connectivity index (χ0) is 14.8. The van der Waals surface area contributed by atoms with Gasteiger partial charge in [0.05, 0.1) is 11.0 Å². The van der Waals surface area contributed by atoms with E-state index < -0.39 is 0 Å². The first-order valence-corrected chi connectivity index (χ1v) is 6.67. The standard InChI is InChI=1S/C16H16N4O/c1-20(2)12-9-7-11(8-10-12)17-16(21)15-18-13-5-3-4-6-14(13)19-15/h3-10H,1-2H3,(H,17,21)(H,18,19). The maximum Gasteiger partial charge on any atom is 0.291 e. The number of carbonyl (C=O) groups is 1. The number of fused-ring (bicyclic) bond motifs is 1. The van der Waals surface area contributed by atoms with Gasteiger partial charge in [0.15, 0.2) is 5.82 Å². The minimum atomic E-state index is -0.246. The lowest BCUT2D eigenvalue weighted by Crippen LogP contribution is -2.14. The van der Waals surface area contributed by atoms with Crippen LogP contribution in [0, 0.1) is 0 Å². The lowest BCUT2D eigenvalue weighted by atomic mass is 10.2. The zero-order valence-electron chi connectivity index (χ0n) is 11.9. The van der Waals surface area contributed by atoms with E-state index in [9.17, 15) is 4.79 Å². The van der Waals surface area contributed by atoms with Crippen LogP contribution < -0.4 is 10.2 Å². The van der Waals surface area contributed by atoms with Gasteiger partial charge in [-0.2, -0.15) is 0 Å². The molecule has 3 aromatic rings. The molecule has 1 aromatic heterocycles. The highest BCUT2D eigenvalue weighted by atomic mass is 16.2. The Morgan fingerprint density at radius 2 is 1.81 bits per heavy atom. The van der Waals surface area contributed by atoms with Gasteiger partial charge in [-0.25, -0.2) is 4.98 Å². The number of benzene rings is 2. The molecule has 0 spiro atoms. The highest BCUT2D eigenvalue weighted by molar-refractivity contribution is 6.03. The van der Waals surface area contributed by atoms with E-state index in [0.717, 1.165) is 22.4 Å². The number of carbonyl (C=O) groups excluding carboxylic acids is 1. The first-order chi connectivity index (χ1) is 10.1. The molecule has 0 saturated carbocycles. The summed E-state index contributed by atoms with van der Waals surface area (Å²) in [5.74, 6) is 0.0664. The fraction of sp³-hybridized carbons (Fsp3) is 0.125. The van der Waals surface area contributed by atoms with E-state index in [1.165, 1.54) is 0 Å². The van der Waals surface area contributed by atoms with E-state index in [4.69, 9.17) is 0 Å². The van der Waals surface area contributed by atoms with Crippen LogP contribution in [0.15, 0.2) is 48.5 Å². The highest BCUT2D eigenvalue weighted by Gasteiger charge is 2.11. The van der Waals surface area contributed by atoms with Crippen molar-refractivity contribution >= 4 is 28.3 Å². The Labute approximate surface area is 122 Å².